The van der Waals surface area contributed by atoms with Crippen molar-refractivity contribution in [3.63, 3.8) is 0 Å². The van der Waals surface area contributed by atoms with Gasteiger partial charge >= 0.3 is 0 Å². The molecule has 0 N–H and O–H groups in total. The molecule has 1 aromatic heterocycles. The molecule has 0 saturated carbocycles. The summed E-state index contributed by atoms with van der Waals surface area (Å²) in [5.74, 6) is 0.0940. The number of hydrogen-bond acceptors (Lipinski definition) is 5. The van der Waals surface area contributed by atoms with Gasteiger partial charge in [0.2, 0.25) is 5.91 Å². The van der Waals surface area contributed by atoms with Crippen molar-refractivity contribution in [3.05, 3.63) is 82.5 Å². The van der Waals surface area contributed by atoms with Gasteiger partial charge in [0.1, 0.15) is 6.07 Å². The topological polar surface area (TPSA) is 68.4 Å². The second kappa shape index (κ2) is 11.2. The van der Waals surface area contributed by atoms with Gasteiger partial charge in [-0.25, -0.2) is 0 Å². The van der Waals surface area contributed by atoms with E-state index in [4.69, 9.17) is 16.7 Å². The Balaban J connectivity index is 1.23. The molecule has 3 aromatic rings. The van der Waals surface area contributed by atoms with E-state index in [0.717, 1.165) is 73.8 Å². The summed E-state index contributed by atoms with van der Waals surface area (Å²) in [6.45, 7) is 8.27. The molecular weight excluding hydrogens is 484 g/mol. The second-order valence-electron chi connectivity index (χ2n) is 9.54. The molecule has 0 unspecified atom stereocenters. The summed E-state index contributed by atoms with van der Waals surface area (Å²) < 4.78 is 2.09. The van der Waals surface area contributed by atoms with Gasteiger partial charge in [-0.3, -0.25) is 14.4 Å². The summed E-state index contributed by atoms with van der Waals surface area (Å²) >= 11 is 6.11. The highest BCUT2D eigenvalue weighted by Crippen LogP contribution is 2.31. The maximum atomic E-state index is 12.1. The molecule has 0 aliphatic carbocycles. The Labute approximate surface area is 223 Å². The zero-order chi connectivity index (χ0) is 25.8. The number of nitrogens with zero attached hydrogens (tertiary/aromatic N) is 6. The molecule has 0 atom stereocenters. The van der Waals surface area contributed by atoms with E-state index in [1.165, 1.54) is 5.69 Å². The van der Waals surface area contributed by atoms with Gasteiger partial charge in [-0.05, 0) is 24.3 Å². The molecule has 2 aliphatic rings. The minimum Gasteiger partial charge on any atom is -0.368 e. The number of nitriles is 1. The van der Waals surface area contributed by atoms with Crippen LogP contribution in [0.3, 0.4) is 0 Å². The number of carbonyl (C=O) groups is 1. The fourth-order valence-electron chi connectivity index (χ4n) is 5.16. The SMILES string of the molecule is CC(=O)N1CCc2c(c(-c3ccc(Cl)cc3)nn2C/C=C/CN2CCN(c3ccccc3C#N)CC2)C1. The number of rotatable bonds is 6. The van der Waals surface area contributed by atoms with Crippen molar-refractivity contribution in [2.45, 2.75) is 26.4 Å². The van der Waals surface area contributed by atoms with E-state index in [0.29, 0.717) is 18.1 Å². The number of benzene rings is 2. The predicted octanol–water partition coefficient (Wildman–Crippen LogP) is 4.36. The van der Waals surface area contributed by atoms with Gasteiger partial charge in [-0.1, -0.05) is 48.0 Å². The first kappa shape index (κ1) is 25.1. The number of para-hydroxylation sites is 1. The smallest absolute Gasteiger partial charge is 0.219 e. The Morgan fingerprint density at radius 2 is 1.76 bits per heavy atom. The number of halogens is 1. The number of fused-ring (bicyclic) bond motifs is 1. The maximum Gasteiger partial charge on any atom is 0.219 e. The van der Waals surface area contributed by atoms with Crippen molar-refractivity contribution in [1.29, 1.82) is 5.26 Å². The minimum atomic E-state index is 0.0940. The lowest BCUT2D eigenvalue weighted by atomic mass is 10.0. The zero-order valence-electron chi connectivity index (χ0n) is 21.1. The lowest BCUT2D eigenvalue weighted by Gasteiger charge is -2.36. The van der Waals surface area contributed by atoms with Crippen LogP contribution in [0.4, 0.5) is 5.69 Å². The second-order valence-corrected chi connectivity index (χ2v) is 9.98. The molecule has 5 rings (SSSR count). The molecule has 1 saturated heterocycles. The van der Waals surface area contributed by atoms with Crippen LogP contribution in [0.5, 0.6) is 0 Å². The minimum absolute atomic E-state index is 0.0940. The highest BCUT2D eigenvalue weighted by atomic mass is 35.5. The molecule has 1 fully saturated rings. The molecule has 1 amide bonds. The van der Waals surface area contributed by atoms with Gasteiger partial charge in [0.05, 0.1) is 23.5 Å². The third kappa shape index (κ3) is 5.56. The fourth-order valence-corrected chi connectivity index (χ4v) is 5.29. The number of amides is 1. The zero-order valence-corrected chi connectivity index (χ0v) is 21.9. The number of aromatic nitrogens is 2. The average molecular weight is 515 g/mol. The Hall–Kier alpha value is -3.60. The molecular formula is C29H31ClN6O. The Morgan fingerprint density at radius 3 is 2.49 bits per heavy atom. The lowest BCUT2D eigenvalue weighted by Crippen LogP contribution is -2.46. The number of hydrogen-bond donors (Lipinski definition) is 0. The molecule has 8 heteroatoms. The first-order valence-corrected chi connectivity index (χ1v) is 13.1. The summed E-state index contributed by atoms with van der Waals surface area (Å²) in [6, 6.07) is 17.9. The molecule has 0 radical (unpaired) electrons. The van der Waals surface area contributed by atoms with Crippen molar-refractivity contribution >= 4 is 23.2 Å². The third-order valence-electron chi connectivity index (χ3n) is 7.24. The summed E-state index contributed by atoms with van der Waals surface area (Å²) in [5.41, 5.74) is 6.05. The highest BCUT2D eigenvalue weighted by molar-refractivity contribution is 6.30. The Bertz CT molecular complexity index is 1330. The summed E-state index contributed by atoms with van der Waals surface area (Å²) in [7, 11) is 0. The summed E-state index contributed by atoms with van der Waals surface area (Å²) in [6.07, 6.45) is 5.21. The van der Waals surface area contributed by atoms with Crippen molar-refractivity contribution < 1.29 is 4.79 Å². The van der Waals surface area contributed by atoms with Gasteiger partial charge in [0.15, 0.2) is 0 Å². The molecule has 3 heterocycles. The number of piperazine rings is 1. The van der Waals surface area contributed by atoms with E-state index < -0.39 is 0 Å². The van der Waals surface area contributed by atoms with Gasteiger partial charge in [0.25, 0.3) is 0 Å². The van der Waals surface area contributed by atoms with Crippen LogP contribution in [0.1, 0.15) is 23.7 Å². The fraction of sp³-hybridized carbons (Fsp3) is 0.345. The van der Waals surface area contributed by atoms with Crippen molar-refractivity contribution in [2.24, 2.45) is 0 Å². The van der Waals surface area contributed by atoms with Crippen LogP contribution in [0.15, 0.2) is 60.7 Å². The average Bonchev–Trinajstić information content (AvgIpc) is 3.29. The van der Waals surface area contributed by atoms with Crippen LogP contribution in [0.2, 0.25) is 5.02 Å². The van der Waals surface area contributed by atoms with Crippen LogP contribution < -0.4 is 4.90 Å². The number of allylic oxidation sites excluding steroid dienone is 1. The van der Waals surface area contributed by atoms with Crippen LogP contribution in [-0.2, 0) is 24.3 Å². The van der Waals surface area contributed by atoms with Crippen LogP contribution in [0, 0.1) is 11.3 Å². The molecule has 2 aliphatic heterocycles. The standard InChI is InChI=1S/C29H31ClN6O/c1-22(37)35-15-12-28-26(21-35)29(23-8-10-25(30)11-9-23)32-36(28)14-5-4-13-33-16-18-34(19-17-33)27-7-3-2-6-24(27)20-31/h2-11H,12-19,21H2,1H3/b5-4+. The number of anilines is 1. The summed E-state index contributed by atoms with van der Waals surface area (Å²) in [5, 5.41) is 15.1. The van der Waals surface area contributed by atoms with E-state index in [2.05, 4.69) is 32.7 Å². The van der Waals surface area contributed by atoms with Gasteiger partial charge < -0.3 is 9.80 Å². The van der Waals surface area contributed by atoms with E-state index in [9.17, 15) is 10.1 Å². The molecule has 190 valence electrons. The van der Waals surface area contributed by atoms with Gasteiger partial charge in [-0.15, -0.1) is 0 Å². The monoisotopic (exact) mass is 514 g/mol. The van der Waals surface area contributed by atoms with E-state index in [1.54, 1.807) is 6.92 Å². The number of carbonyl (C=O) groups excluding carboxylic acids is 1. The molecule has 0 spiro atoms. The van der Waals surface area contributed by atoms with Crippen molar-refractivity contribution in [1.82, 2.24) is 19.6 Å². The summed E-state index contributed by atoms with van der Waals surface area (Å²) in [4.78, 5) is 18.7. The van der Waals surface area contributed by atoms with E-state index in [-0.39, 0.29) is 5.91 Å². The van der Waals surface area contributed by atoms with Gasteiger partial charge in [0, 0.05) is 81.0 Å². The van der Waals surface area contributed by atoms with Crippen molar-refractivity contribution in [2.75, 3.05) is 44.2 Å². The lowest BCUT2D eigenvalue weighted by molar-refractivity contribution is -0.129. The van der Waals surface area contributed by atoms with Gasteiger partial charge in [-0.2, -0.15) is 10.4 Å². The largest absolute Gasteiger partial charge is 0.368 e. The first-order chi connectivity index (χ1) is 18.0. The molecule has 2 aromatic carbocycles. The maximum absolute atomic E-state index is 12.1. The Kier molecular flexibility index (Phi) is 7.59. The van der Waals surface area contributed by atoms with Crippen LogP contribution >= 0.6 is 11.6 Å². The molecule has 7 nitrogen and oxygen atoms in total. The quantitative estimate of drug-likeness (QED) is 0.457. The molecule has 37 heavy (non-hydrogen) atoms. The van der Waals surface area contributed by atoms with E-state index in [1.807, 2.05) is 53.4 Å². The van der Waals surface area contributed by atoms with E-state index >= 15 is 0 Å². The first-order valence-electron chi connectivity index (χ1n) is 12.7. The molecule has 0 bridgehead atoms. The van der Waals surface area contributed by atoms with Crippen LogP contribution in [-0.4, -0.2) is 64.8 Å². The predicted molar refractivity (Wildman–Crippen MR) is 146 cm³/mol. The normalized spacial score (nSPS) is 16.1. The third-order valence-corrected chi connectivity index (χ3v) is 7.50. The highest BCUT2D eigenvalue weighted by Gasteiger charge is 2.26. The van der Waals surface area contributed by atoms with Crippen LogP contribution in [0.25, 0.3) is 11.3 Å². The Morgan fingerprint density at radius 1 is 1.03 bits per heavy atom. The van der Waals surface area contributed by atoms with Crippen molar-refractivity contribution in [3.8, 4) is 17.3 Å².